The highest BCUT2D eigenvalue weighted by Gasteiger charge is 2.25. The summed E-state index contributed by atoms with van der Waals surface area (Å²) in [7, 11) is 0. The van der Waals surface area contributed by atoms with Crippen LogP contribution in [0.1, 0.15) is 0 Å². The molecule has 3 nitrogen and oxygen atoms in total. The van der Waals surface area contributed by atoms with Gasteiger partial charge in [-0.1, -0.05) is 249 Å². The maximum Gasteiger partial charge on any atom is 0.160 e. The predicted octanol–water partition coefficient (Wildman–Crippen LogP) is 16.5. The van der Waals surface area contributed by atoms with Crippen molar-refractivity contribution in [3.05, 3.63) is 261 Å². The molecular formula is C63H43N3. The highest BCUT2D eigenvalue weighted by Crippen LogP contribution is 2.49. The van der Waals surface area contributed by atoms with Crippen LogP contribution in [0.4, 0.5) is 0 Å². The van der Waals surface area contributed by atoms with Crippen LogP contribution in [0.15, 0.2) is 261 Å². The van der Waals surface area contributed by atoms with Crippen molar-refractivity contribution in [1.82, 2.24) is 15.0 Å². The normalized spacial score (nSPS) is 11.0. The molecule has 0 N–H and O–H groups in total. The summed E-state index contributed by atoms with van der Waals surface area (Å²) in [6.07, 6.45) is 0. The number of nitrogens with zero attached hydrogens (tertiary/aromatic N) is 3. The van der Waals surface area contributed by atoms with Crippen LogP contribution < -0.4 is 0 Å². The Hall–Kier alpha value is -8.79. The molecule has 0 bridgehead atoms. The van der Waals surface area contributed by atoms with Crippen LogP contribution in [0.25, 0.3) is 112 Å². The van der Waals surface area contributed by atoms with Gasteiger partial charge < -0.3 is 0 Å². The molecule has 0 aliphatic rings. The van der Waals surface area contributed by atoms with Crippen molar-refractivity contribution < 1.29 is 0 Å². The second kappa shape index (κ2) is 18.1. The van der Waals surface area contributed by atoms with E-state index in [4.69, 9.17) is 15.0 Å². The first kappa shape index (κ1) is 40.0. The fourth-order valence-electron chi connectivity index (χ4n) is 8.97. The molecule has 0 saturated heterocycles. The van der Waals surface area contributed by atoms with E-state index in [1.165, 1.54) is 0 Å². The van der Waals surface area contributed by atoms with E-state index in [-0.39, 0.29) is 0 Å². The van der Waals surface area contributed by atoms with Crippen molar-refractivity contribution in [1.29, 1.82) is 0 Å². The zero-order valence-corrected chi connectivity index (χ0v) is 36.2. The molecule has 0 saturated carbocycles. The summed E-state index contributed by atoms with van der Waals surface area (Å²) in [4.78, 5) is 16.1. The van der Waals surface area contributed by atoms with Gasteiger partial charge in [0.15, 0.2) is 5.82 Å². The number of hydrogen-bond acceptors (Lipinski definition) is 3. The molecular weight excluding hydrogens is 799 g/mol. The summed E-state index contributed by atoms with van der Waals surface area (Å²) in [5, 5.41) is 0. The van der Waals surface area contributed by atoms with Crippen molar-refractivity contribution in [3.8, 4) is 112 Å². The number of benzene rings is 9. The molecule has 0 aliphatic heterocycles. The number of aromatic nitrogens is 3. The minimum Gasteiger partial charge on any atom is -0.246 e. The van der Waals surface area contributed by atoms with Gasteiger partial charge in [-0.3, -0.25) is 0 Å². The number of pyridine rings is 1. The molecule has 3 heteroatoms. The topological polar surface area (TPSA) is 38.7 Å². The highest BCUT2D eigenvalue weighted by molar-refractivity contribution is 6.05. The van der Waals surface area contributed by atoms with E-state index >= 15 is 0 Å². The predicted molar refractivity (Wildman–Crippen MR) is 274 cm³/mol. The number of rotatable bonds is 10. The lowest BCUT2D eigenvalue weighted by molar-refractivity contribution is 1.18. The summed E-state index contributed by atoms with van der Waals surface area (Å²) in [5.74, 6) is 0.674. The Balaban J connectivity index is 1.07. The third-order valence-electron chi connectivity index (χ3n) is 12.1. The van der Waals surface area contributed by atoms with Gasteiger partial charge in [-0.05, 0) is 51.1 Å². The first-order valence-electron chi connectivity index (χ1n) is 22.4. The Bertz CT molecular complexity index is 3310. The van der Waals surface area contributed by atoms with Gasteiger partial charge in [-0.15, -0.1) is 0 Å². The van der Waals surface area contributed by atoms with Crippen LogP contribution in [0.3, 0.4) is 0 Å². The molecule has 9 aromatic carbocycles. The molecule has 2 aromatic heterocycles. The fraction of sp³-hybridized carbons (Fsp3) is 0. The van der Waals surface area contributed by atoms with E-state index in [2.05, 4.69) is 255 Å². The minimum absolute atomic E-state index is 0.674. The lowest BCUT2D eigenvalue weighted by Gasteiger charge is -2.23. The molecule has 11 rings (SSSR count). The molecule has 66 heavy (non-hydrogen) atoms. The van der Waals surface area contributed by atoms with Crippen molar-refractivity contribution in [3.63, 3.8) is 0 Å². The summed E-state index contributed by atoms with van der Waals surface area (Å²) in [6.45, 7) is 0. The van der Waals surface area contributed by atoms with Crippen molar-refractivity contribution in [2.75, 3.05) is 0 Å². The summed E-state index contributed by atoms with van der Waals surface area (Å²) in [5.41, 5.74) is 19.9. The van der Waals surface area contributed by atoms with Crippen LogP contribution >= 0.6 is 0 Å². The first-order valence-corrected chi connectivity index (χ1v) is 22.4. The van der Waals surface area contributed by atoms with Crippen LogP contribution in [0.5, 0.6) is 0 Å². The Morgan fingerprint density at radius 2 is 0.591 bits per heavy atom. The fourth-order valence-corrected chi connectivity index (χ4v) is 8.97. The maximum atomic E-state index is 5.63. The van der Waals surface area contributed by atoms with Gasteiger partial charge in [0.1, 0.15) is 0 Å². The van der Waals surface area contributed by atoms with E-state index in [0.29, 0.717) is 5.82 Å². The highest BCUT2D eigenvalue weighted by atomic mass is 14.9. The van der Waals surface area contributed by atoms with Gasteiger partial charge in [0.05, 0.1) is 22.8 Å². The van der Waals surface area contributed by atoms with Crippen LogP contribution in [0.2, 0.25) is 0 Å². The smallest absolute Gasteiger partial charge is 0.160 e. The van der Waals surface area contributed by atoms with E-state index in [0.717, 1.165) is 106 Å². The molecule has 11 aromatic rings. The molecule has 2 heterocycles. The molecule has 0 amide bonds. The average molecular weight is 842 g/mol. The average Bonchev–Trinajstić information content (AvgIpc) is 3.41. The van der Waals surface area contributed by atoms with Gasteiger partial charge in [0, 0.05) is 44.5 Å². The van der Waals surface area contributed by atoms with E-state index in [1.807, 2.05) is 6.07 Å². The van der Waals surface area contributed by atoms with E-state index in [9.17, 15) is 0 Å². The van der Waals surface area contributed by atoms with Crippen LogP contribution in [0, 0.1) is 0 Å². The van der Waals surface area contributed by atoms with Crippen molar-refractivity contribution >= 4 is 0 Å². The molecule has 310 valence electrons. The zero-order valence-electron chi connectivity index (χ0n) is 36.2. The molecule has 0 spiro atoms. The Labute approximate surface area is 386 Å². The molecule has 0 radical (unpaired) electrons. The monoisotopic (exact) mass is 841 g/mol. The largest absolute Gasteiger partial charge is 0.246 e. The third-order valence-corrected chi connectivity index (χ3v) is 12.1. The second-order valence-electron chi connectivity index (χ2n) is 16.3. The second-order valence-corrected chi connectivity index (χ2v) is 16.3. The van der Waals surface area contributed by atoms with Crippen LogP contribution in [-0.4, -0.2) is 15.0 Å². The van der Waals surface area contributed by atoms with Crippen molar-refractivity contribution in [2.45, 2.75) is 0 Å². The Morgan fingerprint density at radius 1 is 0.197 bits per heavy atom. The maximum absolute atomic E-state index is 5.63. The van der Waals surface area contributed by atoms with Gasteiger partial charge >= 0.3 is 0 Å². The van der Waals surface area contributed by atoms with Gasteiger partial charge in [-0.2, -0.15) is 0 Å². The van der Waals surface area contributed by atoms with Crippen molar-refractivity contribution in [2.24, 2.45) is 0 Å². The molecule has 0 aliphatic carbocycles. The van der Waals surface area contributed by atoms with Gasteiger partial charge in [0.25, 0.3) is 0 Å². The lowest BCUT2D eigenvalue weighted by atomic mass is 9.82. The minimum atomic E-state index is 0.674. The Kier molecular flexibility index (Phi) is 11.0. The lowest BCUT2D eigenvalue weighted by Crippen LogP contribution is -2.01. The number of hydrogen-bond donors (Lipinski definition) is 0. The summed E-state index contributed by atoms with van der Waals surface area (Å²) < 4.78 is 0. The van der Waals surface area contributed by atoms with Gasteiger partial charge in [-0.25, -0.2) is 15.0 Å². The molecule has 0 unspecified atom stereocenters. The third kappa shape index (κ3) is 8.02. The van der Waals surface area contributed by atoms with Gasteiger partial charge in [0.2, 0.25) is 0 Å². The molecule has 0 atom stereocenters. The first-order chi connectivity index (χ1) is 32.7. The Morgan fingerprint density at radius 3 is 1.12 bits per heavy atom. The van der Waals surface area contributed by atoms with Crippen LogP contribution in [-0.2, 0) is 0 Å². The molecule has 0 fully saturated rings. The van der Waals surface area contributed by atoms with E-state index < -0.39 is 0 Å². The van der Waals surface area contributed by atoms with E-state index in [1.54, 1.807) is 0 Å². The summed E-state index contributed by atoms with van der Waals surface area (Å²) >= 11 is 0. The standard InChI is InChI=1S/C63H43N3/c1-7-22-45(23-8-1)54-36-19-20-37-55(54)57-43-56(46-24-9-2-10-25-46)64-63(65-57)51-40-38-44(39-41-51)52-34-21-35-53(42-52)58-59(47-26-11-3-12-27-47)61(49-30-15-5-16-31-49)66-62(50-32-17-6-18-33-50)60(58)48-28-13-4-14-29-48/h1-43H. The summed E-state index contributed by atoms with van der Waals surface area (Å²) in [6, 6.07) is 91.7. The zero-order chi connectivity index (χ0) is 44.1. The quantitative estimate of drug-likeness (QED) is 0.138. The SMILES string of the molecule is c1ccc(-c2cc(-c3ccccc3-c3ccccc3)nc(-c3ccc(-c4cccc(-c5c(-c6ccccc6)c(-c6ccccc6)nc(-c6ccccc6)c5-c5ccccc5)c4)cc3)n2)cc1.